The summed E-state index contributed by atoms with van der Waals surface area (Å²) in [5.41, 5.74) is 4.56. The minimum absolute atomic E-state index is 0.503. The highest BCUT2D eigenvalue weighted by Gasteiger charge is 1.98. The molecular weight excluding hydrogens is 224 g/mol. The molecule has 0 atom stereocenters. The van der Waals surface area contributed by atoms with E-state index >= 15 is 0 Å². The Bertz CT molecular complexity index is 275. The van der Waals surface area contributed by atoms with E-state index in [1.54, 1.807) is 0 Å². The van der Waals surface area contributed by atoms with Gasteiger partial charge >= 0.3 is 0 Å². The highest BCUT2D eigenvalue weighted by atomic mass is 32.1. The number of thiocarbonyl (C=S) groups is 1. The minimum Gasteiger partial charge on any atom is -0.411 e. The Morgan fingerprint density at radius 1 is 1.33 bits per heavy atom. The van der Waals surface area contributed by atoms with E-state index in [9.17, 15) is 0 Å². The van der Waals surface area contributed by atoms with Crippen molar-refractivity contribution in [1.82, 2.24) is 0 Å². The molecule has 84 valence electrons. The van der Waals surface area contributed by atoms with Crippen molar-refractivity contribution < 1.29 is 5.73 Å². The molecule has 0 aliphatic carbocycles. The van der Waals surface area contributed by atoms with E-state index in [1.165, 1.54) is 0 Å². The van der Waals surface area contributed by atoms with Crippen LogP contribution in [0.5, 0.6) is 0 Å². The lowest BCUT2D eigenvalue weighted by Crippen LogP contribution is -2.48. The van der Waals surface area contributed by atoms with Gasteiger partial charge in [-0.1, -0.05) is 22.5 Å². The van der Waals surface area contributed by atoms with Gasteiger partial charge in [0, 0.05) is 12.2 Å². The molecule has 0 aliphatic rings. The zero-order chi connectivity index (χ0) is 11.7. The lowest BCUT2D eigenvalue weighted by atomic mass is 10.3. The Kier molecular flexibility index (Phi) is 8.18. The molecule has 0 saturated heterocycles. The zero-order valence-electron chi connectivity index (χ0n) is 9.27. The second-order valence-electron chi connectivity index (χ2n) is 2.85. The van der Waals surface area contributed by atoms with Gasteiger partial charge in [0.1, 0.15) is 0 Å². The molecule has 3 N–H and O–H groups in total. The summed E-state index contributed by atoms with van der Waals surface area (Å²) in [4.78, 5) is 1.92. The number of para-hydroxylation sites is 1. The summed E-state index contributed by atoms with van der Waals surface area (Å²) in [7, 11) is 0. The molecule has 4 heteroatoms. The fourth-order valence-electron chi connectivity index (χ4n) is 1.03. The maximum Gasteiger partial charge on any atom is 0.0711 e. The number of benzene rings is 1. The maximum absolute atomic E-state index is 4.94. The quantitative estimate of drug-likeness (QED) is 0.631. The molecule has 15 heavy (non-hydrogen) atoms. The molecule has 1 aromatic carbocycles. The number of hydrogen-bond acceptors (Lipinski definition) is 2. The average molecular weight is 242 g/mol. The van der Waals surface area contributed by atoms with E-state index < -0.39 is 0 Å². The van der Waals surface area contributed by atoms with Crippen molar-refractivity contribution in [2.45, 2.75) is 13.8 Å². The summed E-state index contributed by atoms with van der Waals surface area (Å²) in [6.45, 7) is 5.87. The molecule has 0 spiro atoms. The fraction of sp³-hybridized carbons (Fsp3) is 0.364. The van der Waals surface area contributed by atoms with Gasteiger partial charge < -0.3 is 35.5 Å². The Morgan fingerprint density at radius 2 is 1.80 bits per heavy atom. The van der Waals surface area contributed by atoms with Crippen molar-refractivity contribution in [2.75, 3.05) is 18.0 Å². The van der Waals surface area contributed by atoms with E-state index in [4.69, 9.17) is 24.8 Å². The van der Waals surface area contributed by atoms with Crippen molar-refractivity contribution in [3.8, 4) is 0 Å². The van der Waals surface area contributed by atoms with E-state index in [0.29, 0.717) is 4.32 Å². The molecule has 0 radical (unpaired) electrons. The van der Waals surface area contributed by atoms with Gasteiger partial charge in [-0.25, -0.2) is 0 Å². The van der Waals surface area contributed by atoms with Crippen molar-refractivity contribution in [1.29, 1.82) is 0 Å². The standard InChI is InChI=1S/C9H11NS2.C2H7N/c1-2-10(9(11)12)8-6-4-3-5-7-8;1-2-3/h3-7H,2H2,1H3,(H,11,12);2-3H2,1H3. The van der Waals surface area contributed by atoms with Crippen LogP contribution in [0.3, 0.4) is 0 Å². The monoisotopic (exact) mass is 242 g/mol. The number of hydrogen-bond donors (Lipinski definition) is 1. The molecule has 0 aliphatic heterocycles. The lowest BCUT2D eigenvalue weighted by molar-refractivity contribution is -0.361. The van der Waals surface area contributed by atoms with E-state index in [1.807, 2.05) is 49.1 Å². The van der Waals surface area contributed by atoms with Gasteiger partial charge in [-0.15, -0.1) is 0 Å². The molecule has 2 nitrogen and oxygen atoms in total. The van der Waals surface area contributed by atoms with Gasteiger partial charge in [0.05, 0.1) is 6.54 Å². The van der Waals surface area contributed by atoms with E-state index in [-0.39, 0.29) is 0 Å². The fourth-order valence-corrected chi connectivity index (χ4v) is 1.49. The number of nitrogens with zero attached hydrogens (tertiary/aromatic N) is 1. The molecule has 1 aromatic rings. The van der Waals surface area contributed by atoms with E-state index in [2.05, 4.69) is 5.73 Å². The average Bonchev–Trinajstić information content (AvgIpc) is 2.21. The summed E-state index contributed by atoms with van der Waals surface area (Å²) in [6, 6.07) is 9.94. The zero-order valence-corrected chi connectivity index (χ0v) is 10.9. The van der Waals surface area contributed by atoms with Crippen molar-refractivity contribution in [2.24, 2.45) is 0 Å². The Hall–Kier alpha value is -0.710. The molecule has 0 unspecified atom stereocenters. The second kappa shape index (κ2) is 8.59. The topological polar surface area (TPSA) is 30.9 Å². The summed E-state index contributed by atoms with van der Waals surface area (Å²) >= 11 is 9.88. The summed E-state index contributed by atoms with van der Waals surface area (Å²) < 4.78 is 0.503. The summed E-state index contributed by atoms with van der Waals surface area (Å²) in [5, 5.41) is 0. The van der Waals surface area contributed by atoms with Crippen LogP contribution in [0.25, 0.3) is 0 Å². The van der Waals surface area contributed by atoms with Crippen LogP contribution in [-0.4, -0.2) is 17.4 Å². The maximum atomic E-state index is 4.94. The smallest absolute Gasteiger partial charge is 0.0711 e. The molecule has 0 bridgehead atoms. The highest BCUT2D eigenvalue weighted by molar-refractivity contribution is 8.00. The first-order valence-corrected chi connectivity index (χ1v) is 5.81. The SMILES string of the molecule is CCN(C(=S)[S-])c1ccccc1.CC[NH3+]. The van der Waals surface area contributed by atoms with Crippen LogP contribution in [0, 0.1) is 0 Å². The second-order valence-corrected chi connectivity index (χ2v) is 3.88. The van der Waals surface area contributed by atoms with Crippen LogP contribution >= 0.6 is 12.2 Å². The van der Waals surface area contributed by atoms with Crippen molar-refractivity contribution >= 4 is 34.9 Å². The Labute approximate surface area is 103 Å². The molecule has 0 aromatic heterocycles. The normalized spacial score (nSPS) is 8.73. The van der Waals surface area contributed by atoms with Gasteiger partial charge in [-0.2, -0.15) is 0 Å². The minimum atomic E-state index is 0.503. The number of rotatable bonds is 2. The summed E-state index contributed by atoms with van der Waals surface area (Å²) in [5.74, 6) is 0. The van der Waals surface area contributed by atoms with Gasteiger partial charge in [0.25, 0.3) is 0 Å². The Balaban J connectivity index is 0.000000583. The first-order valence-electron chi connectivity index (χ1n) is 5.00. The number of anilines is 1. The summed E-state index contributed by atoms with van der Waals surface area (Å²) in [6.07, 6.45) is 0. The third-order valence-electron chi connectivity index (χ3n) is 1.60. The van der Waals surface area contributed by atoms with Crippen LogP contribution < -0.4 is 10.6 Å². The lowest BCUT2D eigenvalue weighted by Gasteiger charge is -2.26. The van der Waals surface area contributed by atoms with Gasteiger partial charge in [-0.05, 0) is 26.0 Å². The molecule has 0 saturated carbocycles. The number of quaternary nitrogens is 1. The van der Waals surface area contributed by atoms with Crippen LogP contribution in [-0.2, 0) is 12.6 Å². The molecular formula is C11H18N2S2. The van der Waals surface area contributed by atoms with Gasteiger partial charge in [-0.3, -0.25) is 0 Å². The predicted molar refractivity (Wildman–Crippen MR) is 72.9 cm³/mol. The molecule has 0 heterocycles. The first-order chi connectivity index (χ1) is 7.17. The first kappa shape index (κ1) is 14.3. The third kappa shape index (κ3) is 5.67. The third-order valence-corrected chi connectivity index (χ3v) is 2.05. The Morgan fingerprint density at radius 3 is 2.13 bits per heavy atom. The van der Waals surface area contributed by atoms with E-state index in [0.717, 1.165) is 18.8 Å². The molecule has 1 rings (SSSR count). The van der Waals surface area contributed by atoms with Crippen molar-refractivity contribution in [3.05, 3.63) is 30.3 Å². The van der Waals surface area contributed by atoms with Gasteiger partial charge in [0.15, 0.2) is 0 Å². The van der Waals surface area contributed by atoms with Gasteiger partial charge in [0.2, 0.25) is 0 Å². The molecule has 0 amide bonds. The molecule has 0 fully saturated rings. The van der Waals surface area contributed by atoms with Crippen LogP contribution in [0.15, 0.2) is 30.3 Å². The van der Waals surface area contributed by atoms with Crippen LogP contribution in [0.2, 0.25) is 0 Å². The van der Waals surface area contributed by atoms with Crippen LogP contribution in [0.4, 0.5) is 5.69 Å². The van der Waals surface area contributed by atoms with Crippen molar-refractivity contribution in [3.63, 3.8) is 0 Å². The van der Waals surface area contributed by atoms with Crippen LogP contribution in [0.1, 0.15) is 13.8 Å². The predicted octanol–water partition coefficient (Wildman–Crippen LogP) is 1.59. The highest BCUT2D eigenvalue weighted by Crippen LogP contribution is 2.12. The largest absolute Gasteiger partial charge is 0.411 e.